The smallest absolute Gasteiger partial charge is 0.141 e. The quantitative estimate of drug-likeness (QED) is 0.926. The van der Waals surface area contributed by atoms with Crippen LogP contribution in [0.5, 0.6) is 5.75 Å². The third-order valence-electron chi connectivity index (χ3n) is 4.75. The van der Waals surface area contributed by atoms with Crippen LogP contribution in [0.4, 0.5) is 0 Å². The fourth-order valence-corrected chi connectivity index (χ4v) is 5.06. The van der Waals surface area contributed by atoms with Gasteiger partial charge in [0.25, 0.3) is 0 Å². The van der Waals surface area contributed by atoms with Crippen molar-refractivity contribution < 1.29 is 9.47 Å². The van der Waals surface area contributed by atoms with Crippen LogP contribution in [0.2, 0.25) is 0 Å². The maximum absolute atomic E-state index is 6.15. The first-order valence-corrected chi connectivity index (χ1v) is 8.80. The molecule has 2 saturated heterocycles. The van der Waals surface area contributed by atoms with Gasteiger partial charge in [0.15, 0.2) is 0 Å². The first-order chi connectivity index (χ1) is 10.3. The van der Waals surface area contributed by atoms with E-state index in [-0.39, 0.29) is 5.60 Å². The lowest BCUT2D eigenvalue weighted by atomic mass is 9.79. The topological polar surface area (TPSA) is 43.4 Å². The molecule has 0 aromatic carbocycles. The lowest BCUT2D eigenvalue weighted by Crippen LogP contribution is -2.43. The molecule has 0 bridgehead atoms. The Balaban J connectivity index is 1.82. The van der Waals surface area contributed by atoms with Crippen LogP contribution < -0.4 is 10.1 Å². The summed E-state index contributed by atoms with van der Waals surface area (Å²) in [7, 11) is 3.75. The zero-order chi connectivity index (χ0) is 14.7. The van der Waals surface area contributed by atoms with E-state index >= 15 is 0 Å². The zero-order valence-corrected chi connectivity index (χ0v) is 13.6. The van der Waals surface area contributed by atoms with Gasteiger partial charge < -0.3 is 14.8 Å². The molecule has 2 fully saturated rings. The second-order valence-corrected chi connectivity index (χ2v) is 7.08. The second-order valence-electron chi connectivity index (χ2n) is 5.97. The van der Waals surface area contributed by atoms with Crippen LogP contribution in [0.15, 0.2) is 18.5 Å². The highest BCUT2D eigenvalue weighted by Crippen LogP contribution is 2.44. The van der Waals surface area contributed by atoms with Gasteiger partial charge in [-0.3, -0.25) is 4.98 Å². The van der Waals surface area contributed by atoms with E-state index in [4.69, 9.17) is 9.47 Å². The van der Waals surface area contributed by atoms with Crippen LogP contribution >= 0.6 is 11.8 Å². The predicted molar refractivity (Wildman–Crippen MR) is 85.9 cm³/mol. The van der Waals surface area contributed by atoms with E-state index in [2.05, 4.69) is 16.4 Å². The van der Waals surface area contributed by atoms with Crippen molar-refractivity contribution in [3.8, 4) is 5.75 Å². The van der Waals surface area contributed by atoms with Crippen LogP contribution in [0.1, 0.15) is 30.9 Å². The first-order valence-electron chi connectivity index (χ1n) is 7.65. The molecule has 116 valence electrons. The minimum absolute atomic E-state index is 0.114. The van der Waals surface area contributed by atoms with Crippen molar-refractivity contribution >= 4 is 11.8 Å². The first kappa shape index (κ1) is 15.1. The van der Waals surface area contributed by atoms with Gasteiger partial charge in [-0.15, -0.1) is 0 Å². The molecular formula is C16H24N2O2S. The van der Waals surface area contributed by atoms with Gasteiger partial charge in [-0.25, -0.2) is 0 Å². The van der Waals surface area contributed by atoms with E-state index in [0.717, 1.165) is 31.0 Å². The number of hydrogen-bond acceptors (Lipinski definition) is 5. The van der Waals surface area contributed by atoms with Gasteiger partial charge in [0.05, 0.1) is 18.9 Å². The Kier molecular flexibility index (Phi) is 4.72. The summed E-state index contributed by atoms with van der Waals surface area (Å²) in [6, 6.07) is 2.38. The standard InChI is InChI=1S/C16H24N2O2S/c1-17-15(13-3-6-18-10-14(13)19-2)12-4-7-20-16(9-12)5-8-21-11-16/h3,6,10,12,15,17H,4-5,7-9,11H2,1-2H3. The van der Waals surface area contributed by atoms with Crippen LogP contribution in [0.3, 0.4) is 0 Å². The summed E-state index contributed by atoms with van der Waals surface area (Å²) in [5, 5.41) is 3.50. The molecule has 21 heavy (non-hydrogen) atoms. The molecule has 2 aliphatic rings. The average Bonchev–Trinajstić information content (AvgIpc) is 2.96. The summed E-state index contributed by atoms with van der Waals surface area (Å²) >= 11 is 2.02. The number of methoxy groups -OCH3 is 1. The Labute approximate surface area is 131 Å². The monoisotopic (exact) mass is 308 g/mol. The lowest BCUT2D eigenvalue weighted by Gasteiger charge is -2.41. The third kappa shape index (κ3) is 3.05. The molecule has 1 aromatic rings. The molecule has 0 saturated carbocycles. The van der Waals surface area contributed by atoms with Gasteiger partial charge in [-0.2, -0.15) is 11.8 Å². The molecule has 3 unspecified atom stereocenters. The molecule has 2 aliphatic heterocycles. The summed E-state index contributed by atoms with van der Waals surface area (Å²) in [6.45, 7) is 0.872. The summed E-state index contributed by atoms with van der Waals surface area (Å²) in [6.07, 6.45) is 7.08. The number of hydrogen-bond donors (Lipinski definition) is 1. The van der Waals surface area contributed by atoms with Gasteiger partial charge in [0.2, 0.25) is 0 Å². The lowest BCUT2D eigenvalue weighted by molar-refractivity contribution is -0.0851. The van der Waals surface area contributed by atoms with E-state index in [0.29, 0.717) is 12.0 Å². The Hall–Kier alpha value is -0.780. The summed E-state index contributed by atoms with van der Waals surface area (Å²) < 4.78 is 11.6. The summed E-state index contributed by atoms with van der Waals surface area (Å²) in [4.78, 5) is 4.17. The fourth-order valence-electron chi connectivity index (χ4n) is 3.68. The van der Waals surface area contributed by atoms with Gasteiger partial charge in [-0.1, -0.05) is 0 Å². The van der Waals surface area contributed by atoms with Gasteiger partial charge in [-0.05, 0) is 44.0 Å². The Morgan fingerprint density at radius 1 is 1.57 bits per heavy atom. The number of nitrogens with one attached hydrogen (secondary N) is 1. The van der Waals surface area contributed by atoms with Crippen molar-refractivity contribution in [2.45, 2.75) is 30.9 Å². The Morgan fingerprint density at radius 3 is 3.19 bits per heavy atom. The van der Waals surface area contributed by atoms with Crippen molar-refractivity contribution in [3.63, 3.8) is 0 Å². The minimum atomic E-state index is 0.114. The molecular weight excluding hydrogens is 284 g/mol. The summed E-state index contributed by atoms with van der Waals surface area (Å²) in [5.74, 6) is 3.83. The average molecular weight is 308 g/mol. The van der Waals surface area contributed by atoms with E-state index in [1.165, 1.54) is 17.7 Å². The van der Waals surface area contributed by atoms with Crippen molar-refractivity contribution in [2.75, 3.05) is 32.3 Å². The Morgan fingerprint density at radius 2 is 2.48 bits per heavy atom. The normalized spacial score (nSPS) is 30.5. The number of thioether (sulfide) groups is 1. The van der Waals surface area contributed by atoms with Crippen molar-refractivity contribution in [3.05, 3.63) is 24.0 Å². The van der Waals surface area contributed by atoms with Crippen LogP contribution in [-0.2, 0) is 4.74 Å². The van der Waals surface area contributed by atoms with Gasteiger partial charge >= 0.3 is 0 Å². The predicted octanol–water partition coefficient (Wildman–Crippen LogP) is 2.65. The number of rotatable bonds is 4. The summed E-state index contributed by atoms with van der Waals surface area (Å²) in [5.41, 5.74) is 1.32. The maximum Gasteiger partial charge on any atom is 0.141 e. The number of ether oxygens (including phenoxy) is 2. The number of pyridine rings is 1. The molecule has 3 heterocycles. The minimum Gasteiger partial charge on any atom is -0.495 e. The van der Waals surface area contributed by atoms with Crippen molar-refractivity contribution in [2.24, 2.45) is 5.92 Å². The van der Waals surface area contributed by atoms with Gasteiger partial charge in [0.1, 0.15) is 5.75 Å². The van der Waals surface area contributed by atoms with Gasteiger partial charge in [0, 0.05) is 30.2 Å². The zero-order valence-electron chi connectivity index (χ0n) is 12.8. The van der Waals surface area contributed by atoms with Crippen molar-refractivity contribution in [1.29, 1.82) is 0 Å². The molecule has 3 rings (SSSR count). The molecule has 0 radical (unpaired) electrons. The van der Waals surface area contributed by atoms with Crippen LogP contribution in [0.25, 0.3) is 0 Å². The molecule has 0 aliphatic carbocycles. The molecule has 1 N–H and O–H groups in total. The molecule has 5 heteroatoms. The highest BCUT2D eigenvalue weighted by molar-refractivity contribution is 7.99. The third-order valence-corrected chi connectivity index (χ3v) is 5.98. The molecule has 0 amide bonds. The Bertz CT molecular complexity index is 477. The van der Waals surface area contributed by atoms with Crippen LogP contribution in [0, 0.1) is 5.92 Å². The molecule has 1 spiro atoms. The van der Waals surface area contributed by atoms with E-state index in [1.54, 1.807) is 13.3 Å². The van der Waals surface area contributed by atoms with E-state index in [9.17, 15) is 0 Å². The fraction of sp³-hybridized carbons (Fsp3) is 0.688. The maximum atomic E-state index is 6.15. The van der Waals surface area contributed by atoms with Crippen molar-refractivity contribution in [1.82, 2.24) is 10.3 Å². The van der Waals surface area contributed by atoms with E-state index < -0.39 is 0 Å². The van der Waals surface area contributed by atoms with E-state index in [1.807, 2.05) is 25.0 Å². The second kappa shape index (κ2) is 6.55. The molecule has 1 aromatic heterocycles. The largest absolute Gasteiger partial charge is 0.495 e. The highest BCUT2D eigenvalue weighted by Gasteiger charge is 2.42. The molecule has 3 atom stereocenters. The highest BCUT2D eigenvalue weighted by atomic mass is 32.2. The number of nitrogens with zero attached hydrogens (tertiary/aromatic N) is 1. The number of aromatic nitrogens is 1. The SMILES string of the molecule is CNC(c1ccncc1OC)C1CCOC2(CCSC2)C1. The van der Waals surface area contributed by atoms with Crippen LogP contribution in [-0.4, -0.2) is 42.9 Å². The molecule has 4 nitrogen and oxygen atoms in total.